The lowest BCUT2D eigenvalue weighted by Gasteiger charge is -2.27. The first-order chi connectivity index (χ1) is 47.6. The molecule has 0 bridgehead atoms. The van der Waals surface area contributed by atoms with Crippen LogP contribution in [0.1, 0.15) is 17.7 Å². The third kappa shape index (κ3) is 9.33. The molecule has 18 aromatic rings. The molecule has 4 heterocycles. The van der Waals surface area contributed by atoms with Gasteiger partial charge in [0.15, 0.2) is 0 Å². The SMILES string of the molecule is C1=Cc2c(c3cc(N(c4ccc(-c5ccc(N(c6ccc(-c7ccc8oc9ccccc9c8c7)cc6)c6ccc(-c7ccc8c(c7)c7ccccc7n8-c7ccccc7)cc6)cc5)cc4)c4ccc(-c5ccc6oc7ccccc7c6c5)cc4)ccc3n2-c2ccccc2)CC1. The molecule has 0 amide bonds. The molecular formula is C90H60N4O2. The number of furan rings is 2. The summed E-state index contributed by atoms with van der Waals surface area (Å²) >= 11 is 0. The Hall–Kier alpha value is -12.6. The van der Waals surface area contributed by atoms with E-state index in [1.807, 2.05) is 24.3 Å². The van der Waals surface area contributed by atoms with Gasteiger partial charge in [-0.3, -0.25) is 0 Å². The van der Waals surface area contributed by atoms with Gasteiger partial charge in [0.05, 0.1) is 16.6 Å². The van der Waals surface area contributed by atoms with Gasteiger partial charge >= 0.3 is 0 Å². The Kier molecular flexibility index (Phi) is 12.9. The summed E-state index contributed by atoms with van der Waals surface area (Å²) in [4.78, 5) is 4.77. The fourth-order valence-electron chi connectivity index (χ4n) is 14.9. The van der Waals surface area contributed by atoms with Gasteiger partial charge in [-0.1, -0.05) is 176 Å². The number of anilines is 6. The Labute approximate surface area is 554 Å². The van der Waals surface area contributed by atoms with E-state index in [4.69, 9.17) is 8.83 Å². The first-order valence-electron chi connectivity index (χ1n) is 33.0. The maximum absolute atomic E-state index is 6.22. The summed E-state index contributed by atoms with van der Waals surface area (Å²) in [5.41, 5.74) is 27.7. The van der Waals surface area contributed by atoms with Gasteiger partial charge in [0.2, 0.25) is 0 Å². The van der Waals surface area contributed by atoms with Gasteiger partial charge in [-0.15, -0.1) is 0 Å². The molecule has 19 rings (SSSR count). The van der Waals surface area contributed by atoms with Gasteiger partial charge in [0.25, 0.3) is 0 Å². The van der Waals surface area contributed by atoms with Gasteiger partial charge in [0.1, 0.15) is 22.3 Å². The highest BCUT2D eigenvalue weighted by atomic mass is 16.3. The highest BCUT2D eigenvalue weighted by Gasteiger charge is 2.23. The molecule has 0 N–H and O–H groups in total. The fraction of sp³-hybridized carbons (Fsp3) is 0.0222. The second kappa shape index (κ2) is 22.6. The maximum Gasteiger partial charge on any atom is 0.135 e. The van der Waals surface area contributed by atoms with Crippen LogP contribution in [0.25, 0.3) is 139 Å². The molecule has 452 valence electrons. The van der Waals surface area contributed by atoms with E-state index in [9.17, 15) is 0 Å². The van der Waals surface area contributed by atoms with Crippen molar-refractivity contribution in [2.45, 2.75) is 12.8 Å². The minimum Gasteiger partial charge on any atom is -0.456 e. The minimum atomic E-state index is 0.891. The van der Waals surface area contributed by atoms with Crippen molar-refractivity contribution in [1.82, 2.24) is 9.13 Å². The van der Waals surface area contributed by atoms with Gasteiger partial charge in [0, 0.05) is 88.9 Å². The van der Waals surface area contributed by atoms with Crippen molar-refractivity contribution in [2.75, 3.05) is 9.80 Å². The molecule has 6 nitrogen and oxygen atoms in total. The summed E-state index contributed by atoms with van der Waals surface area (Å²) < 4.78 is 17.2. The number of aromatic nitrogens is 2. The van der Waals surface area contributed by atoms with E-state index in [0.29, 0.717) is 0 Å². The molecule has 1 aliphatic rings. The van der Waals surface area contributed by atoms with Crippen molar-refractivity contribution in [3.05, 3.63) is 345 Å². The van der Waals surface area contributed by atoms with Crippen molar-refractivity contribution in [1.29, 1.82) is 0 Å². The Bertz CT molecular complexity index is 6040. The van der Waals surface area contributed by atoms with E-state index in [1.54, 1.807) is 0 Å². The number of hydrogen-bond donors (Lipinski definition) is 0. The lowest BCUT2D eigenvalue weighted by molar-refractivity contribution is 0.668. The first-order valence-corrected chi connectivity index (χ1v) is 33.0. The second-order valence-electron chi connectivity index (χ2n) is 25.1. The molecule has 4 aromatic heterocycles. The van der Waals surface area contributed by atoms with Gasteiger partial charge in [-0.05, 0) is 227 Å². The van der Waals surface area contributed by atoms with Gasteiger partial charge < -0.3 is 27.8 Å². The second-order valence-corrected chi connectivity index (χ2v) is 25.1. The van der Waals surface area contributed by atoms with Crippen molar-refractivity contribution >= 4 is 117 Å². The third-order valence-corrected chi connectivity index (χ3v) is 19.6. The molecule has 6 heteroatoms. The van der Waals surface area contributed by atoms with Crippen molar-refractivity contribution in [3.63, 3.8) is 0 Å². The summed E-state index contributed by atoms with van der Waals surface area (Å²) in [5, 5.41) is 8.23. The molecular weight excluding hydrogens is 1170 g/mol. The van der Waals surface area contributed by atoms with Crippen molar-refractivity contribution < 1.29 is 8.83 Å². The number of allylic oxidation sites excluding steroid dienone is 1. The topological polar surface area (TPSA) is 42.6 Å². The molecule has 0 radical (unpaired) electrons. The Morgan fingerprint density at radius 2 is 0.604 bits per heavy atom. The largest absolute Gasteiger partial charge is 0.456 e. The summed E-state index contributed by atoms with van der Waals surface area (Å²) in [6, 6.07) is 119. The summed E-state index contributed by atoms with van der Waals surface area (Å²) in [6.07, 6.45) is 6.63. The van der Waals surface area contributed by atoms with E-state index in [0.717, 1.165) is 135 Å². The maximum atomic E-state index is 6.22. The van der Waals surface area contributed by atoms with Crippen LogP contribution in [0.3, 0.4) is 0 Å². The fourth-order valence-corrected chi connectivity index (χ4v) is 14.9. The smallest absolute Gasteiger partial charge is 0.135 e. The molecule has 0 aliphatic heterocycles. The molecule has 0 fully saturated rings. The van der Waals surface area contributed by atoms with Crippen LogP contribution in [0.4, 0.5) is 34.1 Å². The van der Waals surface area contributed by atoms with E-state index in [-0.39, 0.29) is 0 Å². The number of nitrogens with zero attached hydrogens (tertiary/aromatic N) is 4. The Morgan fingerprint density at radius 3 is 1.11 bits per heavy atom. The molecule has 1 aliphatic carbocycles. The molecule has 96 heavy (non-hydrogen) atoms. The van der Waals surface area contributed by atoms with E-state index >= 15 is 0 Å². The monoisotopic (exact) mass is 1230 g/mol. The summed E-state index contributed by atoms with van der Waals surface area (Å²) in [7, 11) is 0. The highest BCUT2D eigenvalue weighted by molar-refractivity contribution is 6.11. The zero-order valence-electron chi connectivity index (χ0n) is 52.4. The van der Waals surface area contributed by atoms with Crippen LogP contribution in [0.5, 0.6) is 0 Å². The molecule has 0 spiro atoms. The van der Waals surface area contributed by atoms with E-state index in [1.165, 1.54) is 55.2 Å². The third-order valence-electron chi connectivity index (χ3n) is 19.6. The highest BCUT2D eigenvalue weighted by Crippen LogP contribution is 2.45. The zero-order chi connectivity index (χ0) is 63.2. The van der Waals surface area contributed by atoms with Gasteiger partial charge in [-0.25, -0.2) is 0 Å². The van der Waals surface area contributed by atoms with Crippen molar-refractivity contribution in [2.24, 2.45) is 0 Å². The standard InChI is InChI=1S/C90H60N4O2/c1-3-15-67(16-4-1)93-83-23-11-7-19-75(83)79-55-64(37-51-85(79)93)61-31-44-70(45-32-61)91(71-46-33-62(34-47-71)65-38-53-89-81(56-65)77-21-9-13-25-87(77)95-89)69-40-27-59(28-41-69)60-29-42-72(43-30-60)92(73-48-35-63(36-49-73)66-39-54-90-82(57-66)78-22-10-14-26-88(78)96-90)74-50-52-86-80(58-74)76-20-8-12-24-84(76)94(86)68-17-5-2-6-18-68/h1-7,9-19,21-58H,8,20H2. The molecule has 0 unspecified atom stereocenters. The number of aryl methyl sites for hydroxylation is 1. The molecule has 0 saturated heterocycles. The number of benzene rings is 14. The van der Waals surface area contributed by atoms with Crippen LogP contribution in [-0.2, 0) is 6.42 Å². The van der Waals surface area contributed by atoms with Gasteiger partial charge in [-0.2, -0.15) is 0 Å². The van der Waals surface area contributed by atoms with Crippen molar-refractivity contribution in [3.8, 4) is 55.9 Å². The summed E-state index contributed by atoms with van der Waals surface area (Å²) in [6.45, 7) is 0. The average Bonchev–Trinajstić information content (AvgIpc) is 1.56. The van der Waals surface area contributed by atoms with E-state index in [2.05, 4.69) is 334 Å². The van der Waals surface area contributed by atoms with Crippen LogP contribution >= 0.6 is 0 Å². The van der Waals surface area contributed by atoms with Crippen LogP contribution in [0, 0.1) is 0 Å². The average molecular weight is 1230 g/mol. The Balaban J connectivity index is 0.675. The number of hydrogen-bond acceptors (Lipinski definition) is 4. The minimum absolute atomic E-state index is 0.891. The summed E-state index contributed by atoms with van der Waals surface area (Å²) in [5.74, 6) is 0. The first kappa shape index (κ1) is 55.0. The number of para-hydroxylation sites is 5. The predicted octanol–water partition coefficient (Wildman–Crippen LogP) is 25.1. The Morgan fingerprint density at radius 1 is 0.250 bits per heavy atom. The normalized spacial score (nSPS) is 12.2. The van der Waals surface area contributed by atoms with E-state index < -0.39 is 0 Å². The quantitative estimate of drug-likeness (QED) is 0.122. The predicted molar refractivity (Wildman–Crippen MR) is 401 cm³/mol. The lowest BCUT2D eigenvalue weighted by atomic mass is 10.00. The zero-order valence-corrected chi connectivity index (χ0v) is 52.4. The van der Waals surface area contributed by atoms with Crippen LogP contribution in [-0.4, -0.2) is 9.13 Å². The number of fused-ring (bicyclic) bond motifs is 12. The van der Waals surface area contributed by atoms with Crippen LogP contribution < -0.4 is 9.80 Å². The molecule has 0 atom stereocenters. The molecule has 14 aromatic carbocycles. The van der Waals surface area contributed by atoms with Crippen LogP contribution in [0.15, 0.2) is 342 Å². The van der Waals surface area contributed by atoms with Crippen LogP contribution in [0.2, 0.25) is 0 Å². The lowest BCUT2D eigenvalue weighted by Crippen LogP contribution is -2.10. The number of rotatable bonds is 12. The molecule has 0 saturated carbocycles.